The Bertz CT molecular complexity index is 354. The van der Waals surface area contributed by atoms with Crippen molar-refractivity contribution < 1.29 is 18.0 Å². The van der Waals surface area contributed by atoms with Crippen molar-refractivity contribution in [2.75, 3.05) is 0 Å². The molecular weight excluding hydrogens is 219 g/mol. The number of halogens is 3. The van der Waals surface area contributed by atoms with E-state index in [0.29, 0.717) is 5.56 Å². The number of benzene rings is 1. The Morgan fingerprint density at radius 1 is 1.19 bits per heavy atom. The van der Waals surface area contributed by atoms with Gasteiger partial charge in [-0.15, -0.1) is 0 Å². The maximum atomic E-state index is 12.2. The van der Waals surface area contributed by atoms with E-state index in [1.54, 1.807) is 0 Å². The highest BCUT2D eigenvalue weighted by Gasteiger charge is 2.29. The second-order valence-electron chi connectivity index (χ2n) is 3.51. The maximum Gasteiger partial charge on any atom is 0.416 e. The zero-order valence-corrected chi connectivity index (χ0v) is 8.95. The van der Waals surface area contributed by atoms with E-state index < -0.39 is 11.7 Å². The fourth-order valence-electron chi connectivity index (χ4n) is 0.971. The number of rotatable bonds is 3. The van der Waals surface area contributed by atoms with Gasteiger partial charge in [-0.1, -0.05) is 17.3 Å². The van der Waals surface area contributed by atoms with Gasteiger partial charge >= 0.3 is 6.18 Å². The molecule has 0 aliphatic rings. The van der Waals surface area contributed by atoms with Gasteiger partial charge in [0.1, 0.15) is 6.10 Å². The first-order valence-electron chi connectivity index (χ1n) is 4.76. The topological polar surface area (TPSA) is 21.6 Å². The Hall–Kier alpha value is -1.52. The summed E-state index contributed by atoms with van der Waals surface area (Å²) in [6, 6.07) is 4.71. The largest absolute Gasteiger partial charge is 0.416 e. The highest BCUT2D eigenvalue weighted by atomic mass is 19.4. The lowest BCUT2D eigenvalue weighted by atomic mass is 10.1. The van der Waals surface area contributed by atoms with Crippen LogP contribution < -0.4 is 0 Å². The van der Waals surface area contributed by atoms with Gasteiger partial charge in [0, 0.05) is 0 Å². The van der Waals surface area contributed by atoms with Gasteiger partial charge in [-0.3, -0.25) is 0 Å². The first-order chi connectivity index (χ1) is 7.39. The summed E-state index contributed by atoms with van der Waals surface area (Å²) < 4.78 is 36.7. The van der Waals surface area contributed by atoms with E-state index in [4.69, 9.17) is 4.84 Å². The van der Waals surface area contributed by atoms with E-state index in [2.05, 4.69) is 5.16 Å². The molecule has 1 aromatic carbocycles. The van der Waals surface area contributed by atoms with Crippen LogP contribution in [0.5, 0.6) is 0 Å². The van der Waals surface area contributed by atoms with Crippen LogP contribution in [0.1, 0.15) is 25.0 Å². The zero-order valence-electron chi connectivity index (χ0n) is 8.95. The molecule has 2 nitrogen and oxygen atoms in total. The van der Waals surface area contributed by atoms with Crippen LogP contribution in [-0.4, -0.2) is 12.3 Å². The standard InChI is InChI=1S/C11H12F3NO/c1-8(2)16-15-7-9-3-5-10(6-4-9)11(12,13)14/h3-8H,1-2H3. The van der Waals surface area contributed by atoms with Crippen LogP contribution in [0.2, 0.25) is 0 Å². The van der Waals surface area contributed by atoms with Gasteiger partial charge in [-0.05, 0) is 31.5 Å². The maximum absolute atomic E-state index is 12.2. The van der Waals surface area contributed by atoms with Crippen molar-refractivity contribution in [1.29, 1.82) is 0 Å². The fourth-order valence-corrected chi connectivity index (χ4v) is 0.971. The van der Waals surface area contributed by atoms with Gasteiger partial charge in [0.2, 0.25) is 0 Å². The summed E-state index contributed by atoms with van der Waals surface area (Å²) in [5, 5.41) is 3.63. The number of nitrogens with zero attached hydrogens (tertiary/aromatic N) is 1. The monoisotopic (exact) mass is 231 g/mol. The highest BCUT2D eigenvalue weighted by molar-refractivity contribution is 5.79. The van der Waals surface area contributed by atoms with Crippen LogP contribution in [0.3, 0.4) is 0 Å². The predicted octanol–water partition coefficient (Wildman–Crippen LogP) is 3.46. The Morgan fingerprint density at radius 3 is 2.19 bits per heavy atom. The summed E-state index contributed by atoms with van der Waals surface area (Å²) in [6.45, 7) is 3.62. The van der Waals surface area contributed by atoms with Crippen molar-refractivity contribution in [3.8, 4) is 0 Å². The molecule has 5 heteroatoms. The summed E-state index contributed by atoms with van der Waals surface area (Å²) in [5.74, 6) is 0. The van der Waals surface area contributed by atoms with Crippen LogP contribution in [0, 0.1) is 0 Å². The summed E-state index contributed by atoms with van der Waals surface area (Å²) >= 11 is 0. The molecule has 0 N–H and O–H groups in total. The quantitative estimate of drug-likeness (QED) is 0.576. The molecule has 88 valence electrons. The van der Waals surface area contributed by atoms with Crippen LogP contribution in [0.15, 0.2) is 29.4 Å². The second kappa shape index (κ2) is 5.01. The van der Waals surface area contributed by atoms with E-state index >= 15 is 0 Å². The molecule has 0 unspecified atom stereocenters. The smallest absolute Gasteiger partial charge is 0.393 e. The van der Waals surface area contributed by atoms with Crippen LogP contribution in [0.25, 0.3) is 0 Å². The molecule has 16 heavy (non-hydrogen) atoms. The lowest BCUT2D eigenvalue weighted by Gasteiger charge is -2.05. The van der Waals surface area contributed by atoms with Gasteiger partial charge in [0.25, 0.3) is 0 Å². The first-order valence-corrected chi connectivity index (χ1v) is 4.76. The Labute approximate surface area is 91.7 Å². The van der Waals surface area contributed by atoms with Crippen molar-refractivity contribution in [3.05, 3.63) is 35.4 Å². The summed E-state index contributed by atoms with van der Waals surface area (Å²) in [4.78, 5) is 4.89. The molecule has 0 saturated heterocycles. The number of hydrogen-bond donors (Lipinski definition) is 0. The van der Waals surface area contributed by atoms with E-state index in [0.717, 1.165) is 12.1 Å². The second-order valence-corrected chi connectivity index (χ2v) is 3.51. The van der Waals surface area contributed by atoms with Gasteiger partial charge in [-0.2, -0.15) is 13.2 Å². The average Bonchev–Trinajstić information content (AvgIpc) is 2.16. The third-order valence-corrected chi connectivity index (χ3v) is 1.71. The van der Waals surface area contributed by atoms with Crippen molar-refractivity contribution in [3.63, 3.8) is 0 Å². The lowest BCUT2D eigenvalue weighted by molar-refractivity contribution is -0.137. The van der Waals surface area contributed by atoms with E-state index in [1.807, 2.05) is 13.8 Å². The third-order valence-electron chi connectivity index (χ3n) is 1.71. The van der Waals surface area contributed by atoms with E-state index in [1.165, 1.54) is 18.3 Å². The number of hydrogen-bond acceptors (Lipinski definition) is 2. The van der Waals surface area contributed by atoms with Crippen molar-refractivity contribution in [2.45, 2.75) is 26.1 Å². The minimum absolute atomic E-state index is 0.0503. The fraction of sp³-hybridized carbons (Fsp3) is 0.364. The van der Waals surface area contributed by atoms with Crippen LogP contribution >= 0.6 is 0 Å². The minimum atomic E-state index is -4.30. The van der Waals surface area contributed by atoms with Crippen LogP contribution in [0.4, 0.5) is 13.2 Å². The molecule has 0 aliphatic heterocycles. The normalized spacial score (nSPS) is 12.4. The Balaban J connectivity index is 2.69. The summed E-state index contributed by atoms with van der Waals surface area (Å²) in [7, 11) is 0. The molecule has 0 saturated carbocycles. The lowest BCUT2D eigenvalue weighted by Crippen LogP contribution is -2.04. The molecule has 0 spiro atoms. The van der Waals surface area contributed by atoms with E-state index in [9.17, 15) is 13.2 Å². The third kappa shape index (κ3) is 3.92. The van der Waals surface area contributed by atoms with Gasteiger partial charge in [0.15, 0.2) is 0 Å². The molecule has 0 radical (unpaired) electrons. The molecule has 0 fully saturated rings. The molecule has 0 aliphatic carbocycles. The molecule has 0 atom stereocenters. The predicted molar refractivity (Wildman–Crippen MR) is 55.3 cm³/mol. The molecular formula is C11H12F3NO. The molecule has 0 amide bonds. The molecule has 1 aromatic rings. The first kappa shape index (κ1) is 12.5. The highest BCUT2D eigenvalue weighted by Crippen LogP contribution is 2.28. The van der Waals surface area contributed by atoms with Gasteiger partial charge in [-0.25, -0.2) is 0 Å². The summed E-state index contributed by atoms with van der Waals surface area (Å²) in [5.41, 5.74) is -0.108. The van der Waals surface area contributed by atoms with Crippen molar-refractivity contribution in [1.82, 2.24) is 0 Å². The molecule has 0 heterocycles. The zero-order chi connectivity index (χ0) is 12.2. The Kier molecular flexibility index (Phi) is 3.93. The molecule has 1 rings (SSSR count). The van der Waals surface area contributed by atoms with Crippen LogP contribution in [-0.2, 0) is 11.0 Å². The minimum Gasteiger partial charge on any atom is -0.393 e. The van der Waals surface area contributed by atoms with Gasteiger partial charge < -0.3 is 4.84 Å². The number of alkyl halides is 3. The van der Waals surface area contributed by atoms with E-state index in [-0.39, 0.29) is 6.10 Å². The molecule has 0 bridgehead atoms. The summed E-state index contributed by atoms with van der Waals surface area (Å²) in [6.07, 6.45) is -2.98. The number of oxime groups is 1. The molecule has 0 aromatic heterocycles. The Morgan fingerprint density at radius 2 is 1.75 bits per heavy atom. The van der Waals surface area contributed by atoms with Gasteiger partial charge in [0.05, 0.1) is 11.8 Å². The van der Waals surface area contributed by atoms with Crippen molar-refractivity contribution in [2.24, 2.45) is 5.16 Å². The SMILES string of the molecule is CC(C)ON=Cc1ccc(C(F)(F)F)cc1. The van der Waals surface area contributed by atoms with Crippen molar-refractivity contribution >= 4 is 6.21 Å². The average molecular weight is 231 g/mol.